The van der Waals surface area contributed by atoms with E-state index in [1.165, 1.54) is 5.56 Å². The molecule has 2 atom stereocenters. The molecule has 0 spiro atoms. The Morgan fingerprint density at radius 2 is 1.19 bits per heavy atom. The summed E-state index contributed by atoms with van der Waals surface area (Å²) >= 11 is 0. The molecule has 2 unspecified atom stereocenters. The maximum absolute atomic E-state index is 12.6. The van der Waals surface area contributed by atoms with Crippen molar-refractivity contribution in [3.8, 4) is 0 Å². The van der Waals surface area contributed by atoms with E-state index in [4.69, 9.17) is 0 Å². The van der Waals surface area contributed by atoms with Gasteiger partial charge in [-0.2, -0.15) is 0 Å². The van der Waals surface area contributed by atoms with Crippen LogP contribution in [0.4, 0.5) is 11.4 Å². The Labute approximate surface area is 155 Å². The Morgan fingerprint density at radius 1 is 0.769 bits per heavy atom. The number of rotatable bonds is 4. The van der Waals surface area contributed by atoms with E-state index < -0.39 is 0 Å². The van der Waals surface area contributed by atoms with Crippen LogP contribution in [0.15, 0.2) is 30.3 Å². The molecule has 4 heteroatoms. The molecule has 0 aromatic heterocycles. The SMILES string of the molecule is Cc1cc(C)c(NC(=O)C2CC2C(=O)Nc2c(C)cccc2C)c(C)c1. The Kier molecular flexibility index (Phi) is 4.86. The zero-order chi connectivity index (χ0) is 19.0. The van der Waals surface area contributed by atoms with Crippen LogP contribution >= 0.6 is 0 Å². The number of aryl methyl sites for hydroxylation is 5. The van der Waals surface area contributed by atoms with Crippen molar-refractivity contribution in [2.45, 2.75) is 41.0 Å². The fraction of sp³-hybridized carbons (Fsp3) is 0.364. The van der Waals surface area contributed by atoms with Gasteiger partial charge in [0.25, 0.3) is 0 Å². The second-order valence-corrected chi connectivity index (χ2v) is 7.47. The van der Waals surface area contributed by atoms with Gasteiger partial charge in [0.05, 0.1) is 11.8 Å². The van der Waals surface area contributed by atoms with Crippen LogP contribution in [-0.4, -0.2) is 11.8 Å². The fourth-order valence-electron chi connectivity index (χ4n) is 3.60. The molecule has 1 aliphatic rings. The number of hydrogen-bond acceptors (Lipinski definition) is 2. The maximum atomic E-state index is 12.6. The molecule has 2 amide bonds. The third-order valence-electron chi connectivity index (χ3n) is 5.12. The molecule has 0 aliphatic heterocycles. The largest absolute Gasteiger partial charge is 0.325 e. The first-order valence-corrected chi connectivity index (χ1v) is 9.03. The summed E-state index contributed by atoms with van der Waals surface area (Å²) in [6.07, 6.45) is 0.604. The monoisotopic (exact) mass is 350 g/mol. The first-order valence-electron chi connectivity index (χ1n) is 9.03. The molecule has 2 aromatic carbocycles. The molecule has 2 N–H and O–H groups in total. The predicted octanol–water partition coefficient (Wildman–Crippen LogP) is 4.44. The number of benzene rings is 2. The van der Waals surface area contributed by atoms with E-state index in [9.17, 15) is 9.59 Å². The van der Waals surface area contributed by atoms with E-state index >= 15 is 0 Å². The number of carbonyl (C=O) groups excluding carboxylic acids is 2. The summed E-state index contributed by atoms with van der Waals surface area (Å²) in [7, 11) is 0. The number of hydrogen-bond donors (Lipinski definition) is 2. The average Bonchev–Trinajstić information content (AvgIpc) is 3.35. The van der Waals surface area contributed by atoms with E-state index in [0.717, 1.165) is 33.6 Å². The number of amides is 2. The molecule has 3 rings (SSSR count). The predicted molar refractivity (Wildman–Crippen MR) is 105 cm³/mol. The van der Waals surface area contributed by atoms with Crippen LogP contribution in [0.1, 0.15) is 34.2 Å². The highest BCUT2D eigenvalue weighted by molar-refractivity contribution is 6.04. The van der Waals surface area contributed by atoms with Crippen LogP contribution in [0.3, 0.4) is 0 Å². The Balaban J connectivity index is 1.65. The number of anilines is 2. The van der Waals surface area contributed by atoms with E-state index in [1.807, 2.05) is 52.8 Å². The minimum atomic E-state index is -0.251. The minimum Gasteiger partial charge on any atom is -0.325 e. The van der Waals surface area contributed by atoms with Gasteiger partial charge in [0, 0.05) is 11.4 Å². The second-order valence-electron chi connectivity index (χ2n) is 7.47. The maximum Gasteiger partial charge on any atom is 0.228 e. The summed E-state index contributed by atoms with van der Waals surface area (Å²) in [5, 5.41) is 6.02. The lowest BCUT2D eigenvalue weighted by Crippen LogP contribution is -2.22. The number of carbonyl (C=O) groups is 2. The van der Waals surface area contributed by atoms with Gasteiger partial charge in [0.1, 0.15) is 0 Å². The van der Waals surface area contributed by atoms with Crippen LogP contribution < -0.4 is 10.6 Å². The lowest BCUT2D eigenvalue weighted by Gasteiger charge is -2.13. The van der Waals surface area contributed by atoms with Gasteiger partial charge in [-0.25, -0.2) is 0 Å². The van der Waals surface area contributed by atoms with Gasteiger partial charge in [-0.15, -0.1) is 0 Å². The van der Waals surface area contributed by atoms with Gasteiger partial charge in [0.2, 0.25) is 11.8 Å². The van der Waals surface area contributed by atoms with E-state index in [1.54, 1.807) is 0 Å². The van der Waals surface area contributed by atoms with Crippen LogP contribution in [0, 0.1) is 46.5 Å². The minimum absolute atomic E-state index is 0.0679. The number of nitrogens with one attached hydrogen (secondary N) is 2. The third-order valence-corrected chi connectivity index (χ3v) is 5.12. The summed E-state index contributed by atoms with van der Waals surface area (Å²) < 4.78 is 0. The zero-order valence-electron chi connectivity index (χ0n) is 16.1. The normalized spacial score (nSPS) is 18.3. The van der Waals surface area contributed by atoms with Crippen LogP contribution in [-0.2, 0) is 9.59 Å². The number of para-hydroxylation sites is 1. The summed E-state index contributed by atoms with van der Waals surface area (Å²) in [6, 6.07) is 10.0. The molecule has 1 fully saturated rings. The van der Waals surface area contributed by atoms with Crippen molar-refractivity contribution in [1.29, 1.82) is 0 Å². The Hall–Kier alpha value is -2.62. The van der Waals surface area contributed by atoms with Crippen LogP contribution in [0.5, 0.6) is 0 Å². The van der Waals surface area contributed by atoms with Crippen molar-refractivity contribution >= 4 is 23.2 Å². The van der Waals surface area contributed by atoms with Crippen molar-refractivity contribution in [1.82, 2.24) is 0 Å². The molecule has 26 heavy (non-hydrogen) atoms. The third kappa shape index (κ3) is 3.64. The zero-order valence-corrected chi connectivity index (χ0v) is 16.1. The Morgan fingerprint density at radius 3 is 1.65 bits per heavy atom. The molecule has 136 valence electrons. The quantitative estimate of drug-likeness (QED) is 0.856. The molecule has 0 radical (unpaired) electrons. The van der Waals surface area contributed by atoms with Crippen molar-refractivity contribution in [3.63, 3.8) is 0 Å². The van der Waals surface area contributed by atoms with Gasteiger partial charge in [-0.1, -0.05) is 35.9 Å². The standard InChI is InChI=1S/C22H26N2O2/c1-12-9-15(4)20(16(5)10-12)24-22(26)18-11-17(18)21(25)23-19-13(2)7-6-8-14(19)3/h6-10,17-18H,11H2,1-5H3,(H,23,25)(H,24,26). The first kappa shape index (κ1) is 18.2. The summed E-state index contributed by atoms with van der Waals surface area (Å²) in [5.74, 6) is -0.638. The highest BCUT2D eigenvalue weighted by Gasteiger charge is 2.48. The lowest BCUT2D eigenvalue weighted by molar-refractivity contribution is -0.122. The van der Waals surface area contributed by atoms with Crippen molar-refractivity contribution in [3.05, 3.63) is 58.1 Å². The van der Waals surface area contributed by atoms with E-state index in [-0.39, 0.29) is 23.7 Å². The van der Waals surface area contributed by atoms with Crippen molar-refractivity contribution in [2.75, 3.05) is 10.6 Å². The summed E-state index contributed by atoms with van der Waals surface area (Å²) in [4.78, 5) is 25.1. The summed E-state index contributed by atoms with van der Waals surface area (Å²) in [5.41, 5.74) is 7.06. The molecule has 4 nitrogen and oxygen atoms in total. The first-order chi connectivity index (χ1) is 12.3. The molecule has 2 aromatic rings. The smallest absolute Gasteiger partial charge is 0.228 e. The molecule has 0 bridgehead atoms. The molecule has 0 heterocycles. The van der Waals surface area contributed by atoms with E-state index in [0.29, 0.717) is 6.42 Å². The van der Waals surface area contributed by atoms with Crippen LogP contribution in [0.25, 0.3) is 0 Å². The van der Waals surface area contributed by atoms with E-state index in [2.05, 4.69) is 22.8 Å². The molecule has 1 aliphatic carbocycles. The van der Waals surface area contributed by atoms with Gasteiger partial charge in [0.15, 0.2) is 0 Å². The molecule has 1 saturated carbocycles. The lowest BCUT2D eigenvalue weighted by atomic mass is 10.0. The molecular formula is C22H26N2O2. The highest BCUT2D eigenvalue weighted by atomic mass is 16.2. The topological polar surface area (TPSA) is 58.2 Å². The molecular weight excluding hydrogens is 324 g/mol. The Bertz CT molecular complexity index is 842. The van der Waals surface area contributed by atoms with Crippen LogP contribution in [0.2, 0.25) is 0 Å². The van der Waals surface area contributed by atoms with Crippen molar-refractivity contribution < 1.29 is 9.59 Å². The second kappa shape index (κ2) is 6.94. The van der Waals surface area contributed by atoms with Gasteiger partial charge in [-0.3, -0.25) is 9.59 Å². The summed E-state index contributed by atoms with van der Waals surface area (Å²) in [6.45, 7) is 9.98. The van der Waals surface area contributed by atoms with Gasteiger partial charge >= 0.3 is 0 Å². The molecule has 0 saturated heterocycles. The average molecular weight is 350 g/mol. The van der Waals surface area contributed by atoms with Gasteiger partial charge < -0.3 is 10.6 Å². The highest BCUT2D eigenvalue weighted by Crippen LogP contribution is 2.41. The fourth-order valence-corrected chi connectivity index (χ4v) is 3.60. The van der Waals surface area contributed by atoms with Crippen molar-refractivity contribution in [2.24, 2.45) is 11.8 Å². The van der Waals surface area contributed by atoms with Gasteiger partial charge in [-0.05, 0) is 63.3 Å².